The van der Waals surface area contributed by atoms with E-state index in [1.54, 1.807) is 20.8 Å². The number of hydrogen-bond acceptors (Lipinski definition) is 4. The molecule has 5 heteroatoms. The molecule has 1 atom stereocenters. The van der Waals surface area contributed by atoms with Gasteiger partial charge in [0.1, 0.15) is 5.60 Å². The third-order valence-electron chi connectivity index (χ3n) is 2.01. The van der Waals surface area contributed by atoms with Gasteiger partial charge in [0.15, 0.2) is 6.23 Å². The number of ether oxygens (including phenoxy) is 2. The molecule has 1 aliphatic rings. The number of amides is 1. The summed E-state index contributed by atoms with van der Waals surface area (Å²) in [5.74, 6) is 0. The molecule has 0 saturated carbocycles. The summed E-state index contributed by atoms with van der Waals surface area (Å²) < 4.78 is 10.3. The van der Waals surface area contributed by atoms with Crippen LogP contribution in [0.3, 0.4) is 0 Å². The first kappa shape index (κ1) is 12.3. The Morgan fingerprint density at radius 3 is 2.60 bits per heavy atom. The Kier molecular flexibility index (Phi) is 3.93. The second-order valence-electron chi connectivity index (χ2n) is 4.65. The van der Waals surface area contributed by atoms with Crippen LogP contribution < -0.4 is 0 Å². The minimum atomic E-state index is -0.755. The largest absolute Gasteiger partial charge is 0.442 e. The predicted molar refractivity (Wildman–Crippen MR) is 53.5 cm³/mol. The van der Waals surface area contributed by atoms with E-state index < -0.39 is 17.9 Å². The summed E-state index contributed by atoms with van der Waals surface area (Å²) in [6.07, 6.45) is 1.25. The third-order valence-corrected chi connectivity index (χ3v) is 2.01. The summed E-state index contributed by atoms with van der Waals surface area (Å²) in [6.45, 7) is 5.83. The van der Waals surface area contributed by atoms with E-state index in [4.69, 9.17) is 9.47 Å². The van der Waals surface area contributed by atoms with Crippen LogP contribution in [0.5, 0.6) is 0 Å². The average Bonchev–Trinajstić information content (AvgIpc) is 2.15. The number of hydroxylamine groups is 2. The molecule has 0 aliphatic carbocycles. The van der Waals surface area contributed by atoms with Crippen molar-refractivity contribution >= 4 is 6.09 Å². The fourth-order valence-corrected chi connectivity index (χ4v) is 1.34. The molecule has 0 aromatic carbocycles. The first-order valence-corrected chi connectivity index (χ1v) is 5.23. The fraction of sp³-hybridized carbons (Fsp3) is 0.900. The summed E-state index contributed by atoms with van der Waals surface area (Å²) in [6, 6.07) is 0. The van der Waals surface area contributed by atoms with Gasteiger partial charge in [0.2, 0.25) is 0 Å². The average molecular weight is 217 g/mol. The predicted octanol–water partition coefficient (Wildman–Crippen LogP) is 2.14. The van der Waals surface area contributed by atoms with Gasteiger partial charge in [0.25, 0.3) is 0 Å². The summed E-state index contributed by atoms with van der Waals surface area (Å²) >= 11 is 0. The van der Waals surface area contributed by atoms with Crippen LogP contribution in [0.4, 0.5) is 4.79 Å². The van der Waals surface area contributed by atoms with Gasteiger partial charge in [-0.15, -0.1) is 0 Å². The molecule has 1 saturated heterocycles. The summed E-state index contributed by atoms with van der Waals surface area (Å²) in [5, 5.41) is 10.1. The minimum absolute atomic E-state index is 0.546. The standard InChI is InChI=1S/C10H19NO4/c1-10(2,3)15-9(12)11(13)8-6-4-5-7-14-8/h8,13H,4-7H2,1-3H3. The summed E-state index contributed by atoms with van der Waals surface area (Å²) in [5.41, 5.74) is -0.604. The molecule has 1 N–H and O–H groups in total. The summed E-state index contributed by atoms with van der Waals surface area (Å²) in [7, 11) is 0. The van der Waals surface area contributed by atoms with Crippen molar-refractivity contribution in [2.75, 3.05) is 6.61 Å². The topological polar surface area (TPSA) is 59.0 Å². The molecular weight excluding hydrogens is 198 g/mol. The highest BCUT2D eigenvalue weighted by Gasteiger charge is 2.28. The van der Waals surface area contributed by atoms with E-state index in [0.29, 0.717) is 18.1 Å². The maximum absolute atomic E-state index is 11.4. The van der Waals surface area contributed by atoms with Gasteiger partial charge in [-0.1, -0.05) is 0 Å². The normalized spacial score (nSPS) is 22.3. The van der Waals surface area contributed by atoms with Crippen LogP contribution in [0.25, 0.3) is 0 Å². The van der Waals surface area contributed by atoms with Crippen molar-refractivity contribution in [3.05, 3.63) is 0 Å². The van der Waals surface area contributed by atoms with Crippen molar-refractivity contribution in [3.63, 3.8) is 0 Å². The maximum atomic E-state index is 11.4. The molecule has 0 spiro atoms. The number of nitrogens with zero attached hydrogens (tertiary/aromatic N) is 1. The number of hydrogen-bond donors (Lipinski definition) is 1. The van der Waals surface area contributed by atoms with Gasteiger partial charge in [-0.25, -0.2) is 4.79 Å². The van der Waals surface area contributed by atoms with Gasteiger partial charge in [0.05, 0.1) is 0 Å². The molecule has 1 heterocycles. The molecule has 0 aromatic heterocycles. The van der Waals surface area contributed by atoms with E-state index in [1.165, 1.54) is 0 Å². The molecule has 0 aromatic rings. The molecule has 1 rings (SSSR count). The highest BCUT2D eigenvalue weighted by Crippen LogP contribution is 2.17. The van der Waals surface area contributed by atoms with Gasteiger partial charge in [-0.05, 0) is 40.0 Å². The van der Waals surface area contributed by atoms with Crippen molar-refractivity contribution < 1.29 is 19.5 Å². The van der Waals surface area contributed by atoms with Crippen molar-refractivity contribution in [1.29, 1.82) is 0 Å². The van der Waals surface area contributed by atoms with E-state index in [-0.39, 0.29) is 0 Å². The lowest BCUT2D eigenvalue weighted by Crippen LogP contribution is -2.43. The lowest BCUT2D eigenvalue weighted by atomic mass is 10.2. The van der Waals surface area contributed by atoms with Crippen LogP contribution >= 0.6 is 0 Å². The molecule has 1 fully saturated rings. The Morgan fingerprint density at radius 1 is 1.47 bits per heavy atom. The maximum Gasteiger partial charge on any atom is 0.436 e. The van der Waals surface area contributed by atoms with Crippen LogP contribution in [-0.2, 0) is 9.47 Å². The Bertz CT molecular complexity index is 218. The molecule has 1 aliphatic heterocycles. The van der Waals surface area contributed by atoms with Crippen molar-refractivity contribution in [1.82, 2.24) is 5.06 Å². The SMILES string of the molecule is CC(C)(C)OC(=O)N(O)C1CCCCO1. The van der Waals surface area contributed by atoms with Crippen molar-refractivity contribution in [2.24, 2.45) is 0 Å². The van der Waals surface area contributed by atoms with Crippen LogP contribution in [0.2, 0.25) is 0 Å². The Hall–Kier alpha value is -0.810. The highest BCUT2D eigenvalue weighted by atomic mass is 16.7. The second kappa shape index (κ2) is 4.81. The first-order valence-electron chi connectivity index (χ1n) is 5.23. The number of rotatable bonds is 1. The molecule has 88 valence electrons. The van der Waals surface area contributed by atoms with Gasteiger partial charge < -0.3 is 9.47 Å². The quantitative estimate of drug-likeness (QED) is 0.540. The second-order valence-corrected chi connectivity index (χ2v) is 4.65. The van der Waals surface area contributed by atoms with Crippen LogP contribution in [0.1, 0.15) is 40.0 Å². The van der Waals surface area contributed by atoms with Crippen molar-refractivity contribution in [3.8, 4) is 0 Å². The van der Waals surface area contributed by atoms with E-state index in [9.17, 15) is 10.0 Å². The molecule has 0 bridgehead atoms. The number of carbonyl (C=O) groups excluding carboxylic acids is 1. The zero-order valence-corrected chi connectivity index (χ0v) is 9.52. The zero-order chi connectivity index (χ0) is 11.5. The van der Waals surface area contributed by atoms with Gasteiger partial charge in [-0.2, -0.15) is 5.06 Å². The molecule has 1 amide bonds. The monoisotopic (exact) mass is 217 g/mol. The van der Waals surface area contributed by atoms with Gasteiger partial charge >= 0.3 is 6.09 Å². The Balaban J connectivity index is 2.44. The minimum Gasteiger partial charge on any atom is -0.442 e. The summed E-state index contributed by atoms with van der Waals surface area (Å²) in [4.78, 5) is 11.4. The smallest absolute Gasteiger partial charge is 0.436 e. The lowest BCUT2D eigenvalue weighted by molar-refractivity contribution is -0.209. The van der Waals surface area contributed by atoms with E-state index >= 15 is 0 Å². The van der Waals surface area contributed by atoms with E-state index in [0.717, 1.165) is 12.8 Å². The van der Waals surface area contributed by atoms with E-state index in [2.05, 4.69) is 0 Å². The van der Waals surface area contributed by atoms with E-state index in [1.807, 2.05) is 0 Å². The Morgan fingerprint density at radius 2 is 2.13 bits per heavy atom. The molecular formula is C10H19NO4. The lowest BCUT2D eigenvalue weighted by Gasteiger charge is -2.30. The molecule has 5 nitrogen and oxygen atoms in total. The number of carbonyl (C=O) groups is 1. The van der Waals surface area contributed by atoms with Crippen LogP contribution in [0.15, 0.2) is 0 Å². The van der Waals surface area contributed by atoms with Crippen LogP contribution in [0, 0.1) is 0 Å². The highest BCUT2D eigenvalue weighted by molar-refractivity contribution is 5.66. The van der Waals surface area contributed by atoms with Crippen LogP contribution in [-0.4, -0.2) is 34.8 Å². The third kappa shape index (κ3) is 4.05. The van der Waals surface area contributed by atoms with Gasteiger partial charge in [-0.3, -0.25) is 5.21 Å². The zero-order valence-electron chi connectivity index (χ0n) is 9.52. The molecule has 1 unspecified atom stereocenters. The molecule has 15 heavy (non-hydrogen) atoms. The van der Waals surface area contributed by atoms with Crippen molar-refractivity contribution in [2.45, 2.75) is 51.9 Å². The molecule has 0 radical (unpaired) electrons. The fourth-order valence-electron chi connectivity index (χ4n) is 1.34. The van der Waals surface area contributed by atoms with Gasteiger partial charge in [0, 0.05) is 6.61 Å². The first-order chi connectivity index (χ1) is 6.90. The Labute approximate surface area is 89.9 Å².